The number of fused-ring (bicyclic) bond motifs is 2. The third-order valence-corrected chi connectivity index (χ3v) is 4.70. The number of nitrogens with two attached hydrogens (primary N) is 1. The first-order chi connectivity index (χ1) is 12.5. The molecule has 2 aromatic rings. The van der Waals surface area contributed by atoms with Crippen LogP contribution in [0.5, 0.6) is 0 Å². The van der Waals surface area contributed by atoms with Gasteiger partial charge < -0.3 is 15.7 Å². The molecule has 2 aliphatic rings. The van der Waals surface area contributed by atoms with E-state index in [4.69, 9.17) is 11.1 Å². The minimum Gasteiger partial charge on any atom is -0.507 e. The van der Waals surface area contributed by atoms with Crippen LogP contribution in [0.15, 0.2) is 78.0 Å². The van der Waals surface area contributed by atoms with E-state index in [-0.39, 0.29) is 0 Å². The van der Waals surface area contributed by atoms with Gasteiger partial charge in [-0.1, -0.05) is 36.4 Å². The highest BCUT2D eigenvalue weighted by atomic mass is 16.3. The van der Waals surface area contributed by atoms with Gasteiger partial charge in [0, 0.05) is 17.8 Å². The molecule has 0 amide bonds. The Bertz CT molecular complexity index is 1140. The summed E-state index contributed by atoms with van der Waals surface area (Å²) in [6, 6.07) is 13.8. The van der Waals surface area contributed by atoms with E-state index in [2.05, 4.69) is 11.0 Å². The molecule has 0 unspecified atom stereocenters. The minimum absolute atomic E-state index is 0.308. The van der Waals surface area contributed by atoms with Crippen LogP contribution in [0.3, 0.4) is 0 Å². The Balaban J connectivity index is 1.81. The van der Waals surface area contributed by atoms with Crippen LogP contribution in [-0.2, 0) is 0 Å². The molecule has 0 fully saturated rings. The molecule has 0 saturated heterocycles. The number of aliphatic hydroxyl groups is 1. The molecule has 4 nitrogen and oxygen atoms in total. The summed E-state index contributed by atoms with van der Waals surface area (Å²) in [4.78, 5) is 2.09. The van der Waals surface area contributed by atoms with Gasteiger partial charge in [-0.2, -0.15) is 0 Å². The van der Waals surface area contributed by atoms with Crippen LogP contribution in [0.2, 0.25) is 0 Å². The van der Waals surface area contributed by atoms with Crippen molar-refractivity contribution in [2.45, 2.75) is 0 Å². The number of benzene rings is 2. The van der Waals surface area contributed by atoms with Crippen LogP contribution in [0.25, 0.3) is 11.8 Å². The monoisotopic (exact) mass is 341 g/mol. The number of rotatable bonds is 1. The lowest BCUT2D eigenvalue weighted by atomic mass is 10.0. The first-order valence-corrected chi connectivity index (χ1v) is 8.37. The Hall–Kier alpha value is -3.53. The second-order valence-corrected chi connectivity index (χ2v) is 6.38. The van der Waals surface area contributed by atoms with Crippen LogP contribution < -0.4 is 21.1 Å². The summed E-state index contributed by atoms with van der Waals surface area (Å²) >= 11 is 0. The highest BCUT2D eigenvalue weighted by Gasteiger charge is 2.19. The van der Waals surface area contributed by atoms with E-state index in [0.717, 1.165) is 32.9 Å². The van der Waals surface area contributed by atoms with Crippen molar-refractivity contribution in [3.63, 3.8) is 0 Å². The van der Waals surface area contributed by atoms with Gasteiger partial charge in [-0.3, -0.25) is 5.41 Å². The molecule has 1 aliphatic carbocycles. The molecular formula is C22H19N3O. The second-order valence-electron chi connectivity index (χ2n) is 6.38. The normalized spacial score (nSPS) is 18.0. The molecule has 0 radical (unpaired) electrons. The SMILES string of the molecule is CN1c2ccccc2C(O)=c2cc/c(=C\C=C3/C=CC(=N)C(N)=C3)cc21. The van der Waals surface area contributed by atoms with Crippen molar-refractivity contribution >= 4 is 28.9 Å². The van der Waals surface area contributed by atoms with Crippen LogP contribution >= 0.6 is 0 Å². The Morgan fingerprint density at radius 3 is 2.65 bits per heavy atom. The van der Waals surface area contributed by atoms with Gasteiger partial charge in [0.1, 0.15) is 5.76 Å². The average molecular weight is 341 g/mol. The molecule has 0 saturated carbocycles. The number of aliphatic hydroxyl groups excluding tert-OH is 1. The molecule has 0 atom stereocenters. The van der Waals surface area contributed by atoms with Gasteiger partial charge in [0.05, 0.1) is 22.8 Å². The molecule has 1 heterocycles. The quantitative estimate of drug-likeness (QED) is 0.746. The van der Waals surface area contributed by atoms with Crippen molar-refractivity contribution in [1.82, 2.24) is 0 Å². The highest BCUT2D eigenvalue weighted by molar-refractivity contribution is 6.07. The van der Waals surface area contributed by atoms with E-state index < -0.39 is 0 Å². The Kier molecular flexibility index (Phi) is 3.73. The van der Waals surface area contributed by atoms with Crippen LogP contribution in [0.4, 0.5) is 11.4 Å². The summed E-state index contributed by atoms with van der Waals surface area (Å²) in [6.07, 6.45) is 9.33. The highest BCUT2D eigenvalue weighted by Crippen LogP contribution is 2.31. The number of hydrogen-bond donors (Lipinski definition) is 3. The summed E-state index contributed by atoms with van der Waals surface area (Å²) in [5.74, 6) is 0.308. The van der Waals surface area contributed by atoms with Crippen molar-refractivity contribution in [2.24, 2.45) is 5.73 Å². The smallest absolute Gasteiger partial charge is 0.134 e. The third-order valence-electron chi connectivity index (χ3n) is 4.70. The molecule has 128 valence electrons. The van der Waals surface area contributed by atoms with Gasteiger partial charge >= 0.3 is 0 Å². The lowest BCUT2D eigenvalue weighted by Gasteiger charge is -2.27. The van der Waals surface area contributed by atoms with E-state index in [9.17, 15) is 5.11 Å². The van der Waals surface area contributed by atoms with Gasteiger partial charge in [-0.15, -0.1) is 0 Å². The molecule has 4 heteroatoms. The zero-order valence-corrected chi connectivity index (χ0v) is 14.4. The molecule has 4 N–H and O–H groups in total. The first-order valence-electron chi connectivity index (χ1n) is 8.37. The topological polar surface area (TPSA) is 73.3 Å². The largest absolute Gasteiger partial charge is 0.507 e. The molecule has 0 spiro atoms. The fourth-order valence-electron chi connectivity index (χ4n) is 3.25. The van der Waals surface area contributed by atoms with Gasteiger partial charge in [0.15, 0.2) is 0 Å². The number of allylic oxidation sites excluding steroid dienone is 5. The molecule has 1 aliphatic heterocycles. The first kappa shape index (κ1) is 16.0. The lowest BCUT2D eigenvalue weighted by Crippen LogP contribution is -2.28. The van der Waals surface area contributed by atoms with Crippen LogP contribution in [0.1, 0.15) is 5.56 Å². The molecular weight excluding hydrogens is 322 g/mol. The van der Waals surface area contributed by atoms with E-state index >= 15 is 0 Å². The van der Waals surface area contributed by atoms with Crippen molar-refractivity contribution in [1.29, 1.82) is 5.41 Å². The second kappa shape index (κ2) is 6.08. The maximum Gasteiger partial charge on any atom is 0.134 e. The molecule has 0 bridgehead atoms. The molecule has 0 aromatic heterocycles. The number of hydrogen-bond acceptors (Lipinski definition) is 4. The standard InChI is InChI=1S/C22H19N3O/c1-25-20-5-3-2-4-16(20)22(26)17-10-8-15(13-21(17)25)7-6-14-9-11-18(23)19(24)12-14/h2-13,23,26H,24H2,1H3/b14-6+,15-7+,23-18?. The van der Waals surface area contributed by atoms with Gasteiger partial charge in [0.25, 0.3) is 0 Å². The lowest BCUT2D eigenvalue weighted by molar-refractivity contribution is 0.506. The molecule has 2 aromatic carbocycles. The summed E-state index contributed by atoms with van der Waals surface area (Å²) in [6.45, 7) is 0. The van der Waals surface area contributed by atoms with E-state index in [1.807, 2.05) is 61.7 Å². The fourth-order valence-corrected chi connectivity index (χ4v) is 3.25. The Morgan fingerprint density at radius 1 is 1.04 bits per heavy atom. The maximum absolute atomic E-state index is 10.6. The predicted octanol–water partition coefficient (Wildman–Crippen LogP) is 2.62. The van der Waals surface area contributed by atoms with Crippen LogP contribution in [-0.4, -0.2) is 17.9 Å². The number of anilines is 2. The summed E-state index contributed by atoms with van der Waals surface area (Å²) in [5.41, 5.74) is 10.3. The maximum atomic E-state index is 10.6. The summed E-state index contributed by atoms with van der Waals surface area (Å²) in [7, 11) is 2.01. The summed E-state index contributed by atoms with van der Waals surface area (Å²) < 4.78 is 0. The zero-order valence-electron chi connectivity index (χ0n) is 14.4. The summed E-state index contributed by atoms with van der Waals surface area (Å²) in [5, 5.41) is 20.1. The number of nitrogens with one attached hydrogen (secondary N) is 1. The fraction of sp³-hybridized carbons (Fsp3) is 0.0455. The van der Waals surface area contributed by atoms with Crippen LogP contribution in [0, 0.1) is 5.41 Å². The Morgan fingerprint density at radius 2 is 1.85 bits per heavy atom. The van der Waals surface area contributed by atoms with Crippen molar-refractivity contribution in [3.05, 3.63) is 94.0 Å². The average Bonchev–Trinajstić information content (AvgIpc) is 2.67. The van der Waals surface area contributed by atoms with Crippen molar-refractivity contribution < 1.29 is 5.11 Å². The Labute approximate surface area is 151 Å². The van der Waals surface area contributed by atoms with E-state index in [1.165, 1.54) is 0 Å². The van der Waals surface area contributed by atoms with E-state index in [0.29, 0.717) is 17.2 Å². The molecule has 26 heavy (non-hydrogen) atoms. The van der Waals surface area contributed by atoms with Gasteiger partial charge in [0.2, 0.25) is 0 Å². The van der Waals surface area contributed by atoms with Crippen molar-refractivity contribution in [3.8, 4) is 0 Å². The van der Waals surface area contributed by atoms with Gasteiger partial charge in [-0.05, 0) is 47.2 Å². The van der Waals surface area contributed by atoms with Gasteiger partial charge in [-0.25, -0.2) is 0 Å². The molecule has 4 rings (SSSR count). The van der Waals surface area contributed by atoms with E-state index in [1.54, 1.807) is 12.2 Å². The zero-order chi connectivity index (χ0) is 18.3. The predicted molar refractivity (Wildman–Crippen MR) is 107 cm³/mol. The number of para-hydroxylation sites is 1. The minimum atomic E-state index is 0.308. The number of nitrogens with zero attached hydrogens (tertiary/aromatic N) is 1. The third kappa shape index (κ3) is 2.62. The van der Waals surface area contributed by atoms with Crippen molar-refractivity contribution in [2.75, 3.05) is 11.9 Å².